The summed E-state index contributed by atoms with van der Waals surface area (Å²) < 4.78 is 5.38. The van der Waals surface area contributed by atoms with Crippen molar-refractivity contribution >= 4 is 11.6 Å². The lowest BCUT2D eigenvalue weighted by molar-refractivity contribution is 0.128. The number of nitrogens with zero attached hydrogens (tertiary/aromatic N) is 2. The summed E-state index contributed by atoms with van der Waals surface area (Å²) in [6, 6.07) is 10.2. The third-order valence-electron chi connectivity index (χ3n) is 3.19. The van der Waals surface area contributed by atoms with Gasteiger partial charge in [-0.1, -0.05) is 24.3 Å². The van der Waals surface area contributed by atoms with Crippen LogP contribution in [0.3, 0.4) is 0 Å². The number of nitrogens with one attached hydrogen (secondary N) is 2. The molecule has 5 nitrogen and oxygen atoms in total. The lowest BCUT2D eigenvalue weighted by atomic mass is 10.1. The van der Waals surface area contributed by atoms with Gasteiger partial charge in [-0.2, -0.15) is 0 Å². The molecule has 21 heavy (non-hydrogen) atoms. The molecular weight excluding hydrogens is 264 g/mol. The molecule has 0 aliphatic carbocycles. The molecule has 0 unspecified atom stereocenters. The summed E-state index contributed by atoms with van der Waals surface area (Å²) in [4.78, 5) is 8.85. The van der Waals surface area contributed by atoms with E-state index < -0.39 is 0 Å². The van der Waals surface area contributed by atoms with Crippen molar-refractivity contribution < 1.29 is 4.74 Å². The summed E-state index contributed by atoms with van der Waals surface area (Å²) in [6.07, 6.45) is 0. The Hall–Kier alpha value is -2.14. The summed E-state index contributed by atoms with van der Waals surface area (Å²) in [7, 11) is 1.85. The third kappa shape index (κ3) is 4.43. The molecule has 112 valence electrons. The van der Waals surface area contributed by atoms with Crippen LogP contribution in [0.2, 0.25) is 0 Å². The molecule has 5 heteroatoms. The zero-order valence-corrected chi connectivity index (χ0v) is 12.8. The highest BCUT2D eigenvalue weighted by Crippen LogP contribution is 2.14. The van der Waals surface area contributed by atoms with E-state index in [1.54, 1.807) is 0 Å². The van der Waals surface area contributed by atoms with Crippen LogP contribution in [0.15, 0.2) is 30.3 Å². The van der Waals surface area contributed by atoms with Crippen LogP contribution >= 0.6 is 0 Å². The minimum Gasteiger partial charge on any atom is -0.374 e. The maximum absolute atomic E-state index is 5.38. The topological polar surface area (TPSA) is 59.1 Å². The minimum absolute atomic E-state index is 0.422. The lowest BCUT2D eigenvalue weighted by Gasteiger charge is -2.11. The average Bonchev–Trinajstić information content (AvgIpc) is 2.52. The first-order chi connectivity index (χ1) is 10.2. The highest BCUT2D eigenvalue weighted by molar-refractivity contribution is 5.47. The van der Waals surface area contributed by atoms with E-state index in [1.165, 1.54) is 11.1 Å². The molecule has 0 bridgehead atoms. The fourth-order valence-electron chi connectivity index (χ4n) is 1.97. The van der Waals surface area contributed by atoms with E-state index in [0.29, 0.717) is 19.0 Å². The lowest BCUT2D eigenvalue weighted by Crippen LogP contribution is -2.08. The Labute approximate surface area is 125 Å². The van der Waals surface area contributed by atoms with Gasteiger partial charge < -0.3 is 15.4 Å². The van der Waals surface area contributed by atoms with Crippen molar-refractivity contribution in [2.24, 2.45) is 0 Å². The molecule has 0 fully saturated rings. The minimum atomic E-state index is 0.422. The third-order valence-corrected chi connectivity index (χ3v) is 3.19. The number of rotatable bonds is 7. The van der Waals surface area contributed by atoms with Crippen LogP contribution in [-0.2, 0) is 17.9 Å². The predicted octanol–water partition coefficient (Wildman–Crippen LogP) is 2.98. The van der Waals surface area contributed by atoms with Gasteiger partial charge in [0, 0.05) is 26.3 Å². The first kappa shape index (κ1) is 15.3. The van der Waals surface area contributed by atoms with Gasteiger partial charge in [0.05, 0.1) is 0 Å². The Kier molecular flexibility index (Phi) is 5.51. The Bertz CT molecular complexity index is 586. The molecule has 2 rings (SSSR count). The van der Waals surface area contributed by atoms with Crippen LogP contribution in [-0.4, -0.2) is 23.6 Å². The normalized spacial score (nSPS) is 10.4. The number of anilines is 2. The van der Waals surface area contributed by atoms with Gasteiger partial charge in [0.15, 0.2) is 5.82 Å². The monoisotopic (exact) mass is 286 g/mol. The van der Waals surface area contributed by atoms with Crippen LogP contribution in [0.25, 0.3) is 0 Å². The molecule has 2 aromatic rings. The number of hydrogen-bond acceptors (Lipinski definition) is 5. The Balaban J connectivity index is 2.09. The van der Waals surface area contributed by atoms with Gasteiger partial charge in [-0.05, 0) is 25.0 Å². The summed E-state index contributed by atoms with van der Waals surface area (Å²) in [5, 5.41) is 6.39. The smallest absolute Gasteiger partial charge is 0.158 e. The molecule has 1 aromatic heterocycles. The second-order valence-electron chi connectivity index (χ2n) is 4.72. The zero-order chi connectivity index (χ0) is 15.1. The standard InChI is InChI=1S/C16H22N4O/c1-4-21-11-16-19-14(17-3)9-15(20-16)18-10-13-8-6-5-7-12(13)2/h5-9H,4,10-11H2,1-3H3,(H2,17,18,19,20). The van der Waals surface area contributed by atoms with Crippen molar-refractivity contribution in [3.8, 4) is 0 Å². The SMILES string of the molecule is CCOCc1nc(NC)cc(NCc2ccccc2C)n1. The summed E-state index contributed by atoms with van der Waals surface area (Å²) in [5.74, 6) is 2.26. The molecule has 0 spiro atoms. The first-order valence-electron chi connectivity index (χ1n) is 7.14. The molecule has 0 amide bonds. The molecule has 1 heterocycles. The van der Waals surface area contributed by atoms with Crippen molar-refractivity contribution in [2.75, 3.05) is 24.3 Å². The van der Waals surface area contributed by atoms with Gasteiger partial charge in [-0.25, -0.2) is 9.97 Å². The van der Waals surface area contributed by atoms with E-state index in [-0.39, 0.29) is 0 Å². The van der Waals surface area contributed by atoms with Gasteiger partial charge in [-0.15, -0.1) is 0 Å². The van der Waals surface area contributed by atoms with Gasteiger partial charge in [0.1, 0.15) is 18.2 Å². The average molecular weight is 286 g/mol. The molecule has 0 aliphatic rings. The molecule has 2 N–H and O–H groups in total. The van der Waals surface area contributed by atoms with E-state index in [2.05, 4.69) is 39.7 Å². The van der Waals surface area contributed by atoms with Gasteiger partial charge in [-0.3, -0.25) is 0 Å². The highest BCUT2D eigenvalue weighted by Gasteiger charge is 2.05. The second kappa shape index (κ2) is 7.59. The number of aryl methyl sites for hydroxylation is 1. The number of ether oxygens (including phenoxy) is 1. The summed E-state index contributed by atoms with van der Waals surface area (Å²) >= 11 is 0. The maximum Gasteiger partial charge on any atom is 0.158 e. The summed E-state index contributed by atoms with van der Waals surface area (Å²) in [5.41, 5.74) is 2.52. The van der Waals surface area contributed by atoms with E-state index in [0.717, 1.165) is 18.2 Å². The molecule has 0 atom stereocenters. The molecule has 0 saturated heterocycles. The van der Waals surface area contributed by atoms with Crippen molar-refractivity contribution in [1.29, 1.82) is 0 Å². The maximum atomic E-state index is 5.38. The van der Waals surface area contributed by atoms with E-state index in [9.17, 15) is 0 Å². The zero-order valence-electron chi connectivity index (χ0n) is 12.8. The van der Waals surface area contributed by atoms with Crippen LogP contribution in [0, 0.1) is 6.92 Å². The molecule has 0 aliphatic heterocycles. The predicted molar refractivity (Wildman–Crippen MR) is 85.4 cm³/mol. The van der Waals surface area contributed by atoms with Gasteiger partial charge in [0.2, 0.25) is 0 Å². The van der Waals surface area contributed by atoms with Crippen LogP contribution in [0.5, 0.6) is 0 Å². The van der Waals surface area contributed by atoms with Gasteiger partial charge in [0.25, 0.3) is 0 Å². The van der Waals surface area contributed by atoms with Crippen molar-refractivity contribution in [3.63, 3.8) is 0 Å². The largest absolute Gasteiger partial charge is 0.374 e. The first-order valence-corrected chi connectivity index (χ1v) is 7.14. The van der Waals surface area contributed by atoms with Crippen LogP contribution < -0.4 is 10.6 Å². The fourth-order valence-corrected chi connectivity index (χ4v) is 1.97. The Morgan fingerprint density at radius 1 is 1.14 bits per heavy atom. The number of aromatic nitrogens is 2. The Morgan fingerprint density at radius 3 is 2.62 bits per heavy atom. The second-order valence-corrected chi connectivity index (χ2v) is 4.72. The highest BCUT2D eigenvalue weighted by atomic mass is 16.5. The van der Waals surface area contributed by atoms with E-state index in [4.69, 9.17) is 4.74 Å². The summed E-state index contributed by atoms with van der Waals surface area (Å²) in [6.45, 7) is 5.88. The van der Waals surface area contributed by atoms with Crippen molar-refractivity contribution in [1.82, 2.24) is 9.97 Å². The number of benzene rings is 1. The van der Waals surface area contributed by atoms with Gasteiger partial charge >= 0.3 is 0 Å². The quantitative estimate of drug-likeness (QED) is 0.819. The molecule has 1 aromatic carbocycles. The van der Waals surface area contributed by atoms with E-state index >= 15 is 0 Å². The van der Waals surface area contributed by atoms with Crippen LogP contribution in [0.4, 0.5) is 11.6 Å². The fraction of sp³-hybridized carbons (Fsp3) is 0.375. The molecular formula is C16H22N4O. The number of hydrogen-bond donors (Lipinski definition) is 2. The van der Waals surface area contributed by atoms with Crippen molar-refractivity contribution in [2.45, 2.75) is 27.0 Å². The Morgan fingerprint density at radius 2 is 1.90 bits per heavy atom. The molecule has 0 radical (unpaired) electrons. The van der Waals surface area contributed by atoms with Crippen LogP contribution in [0.1, 0.15) is 23.9 Å². The van der Waals surface area contributed by atoms with Crippen molar-refractivity contribution in [3.05, 3.63) is 47.3 Å². The van der Waals surface area contributed by atoms with E-state index in [1.807, 2.05) is 32.2 Å². The molecule has 0 saturated carbocycles.